The number of thiocarbonyl (C=S) groups is 1. The summed E-state index contributed by atoms with van der Waals surface area (Å²) >= 11 is 5.44. The molecule has 4 heteroatoms. The van der Waals surface area contributed by atoms with Gasteiger partial charge in [-0.2, -0.15) is 0 Å². The third-order valence-corrected chi connectivity index (χ3v) is 3.39. The van der Waals surface area contributed by atoms with Crippen LogP contribution < -0.4 is 10.6 Å². The molecule has 1 aromatic rings. The topological polar surface area (TPSA) is 27.3 Å². The van der Waals surface area contributed by atoms with Gasteiger partial charge in [0.15, 0.2) is 5.11 Å². The average molecular weight is 249 g/mol. The Balaban J connectivity index is 2.02. The van der Waals surface area contributed by atoms with Gasteiger partial charge in [0.2, 0.25) is 0 Å². The van der Waals surface area contributed by atoms with Gasteiger partial charge in [-0.25, -0.2) is 0 Å². The molecule has 0 amide bonds. The fourth-order valence-corrected chi connectivity index (χ4v) is 2.31. The van der Waals surface area contributed by atoms with Gasteiger partial charge < -0.3 is 15.5 Å². The van der Waals surface area contributed by atoms with Gasteiger partial charge in [0.05, 0.1) is 0 Å². The van der Waals surface area contributed by atoms with Gasteiger partial charge in [0.1, 0.15) is 0 Å². The Morgan fingerprint density at radius 1 is 1.29 bits per heavy atom. The van der Waals surface area contributed by atoms with Crippen molar-refractivity contribution in [1.82, 2.24) is 10.2 Å². The molecule has 3 nitrogen and oxygen atoms in total. The predicted molar refractivity (Wildman–Crippen MR) is 76.6 cm³/mol. The van der Waals surface area contributed by atoms with Crippen LogP contribution in [0, 0.1) is 13.8 Å². The molecular weight excluding hydrogens is 230 g/mol. The molecule has 0 unspecified atom stereocenters. The highest BCUT2D eigenvalue weighted by molar-refractivity contribution is 7.80. The monoisotopic (exact) mass is 249 g/mol. The summed E-state index contributed by atoms with van der Waals surface area (Å²) in [5.41, 5.74) is 3.63. The van der Waals surface area contributed by atoms with Crippen LogP contribution in [0.4, 0.5) is 5.69 Å². The molecule has 0 saturated carbocycles. The number of anilines is 1. The zero-order chi connectivity index (χ0) is 12.3. The Kier molecular flexibility index (Phi) is 3.97. The van der Waals surface area contributed by atoms with E-state index in [1.54, 1.807) is 0 Å². The molecule has 1 aromatic carbocycles. The fraction of sp³-hybridized carbons (Fsp3) is 0.462. The maximum atomic E-state index is 5.44. The second-order valence-electron chi connectivity index (χ2n) is 4.49. The zero-order valence-corrected chi connectivity index (χ0v) is 11.2. The van der Waals surface area contributed by atoms with E-state index in [-0.39, 0.29) is 0 Å². The first-order chi connectivity index (χ1) is 8.16. The fourth-order valence-electron chi connectivity index (χ4n) is 2.02. The summed E-state index contributed by atoms with van der Waals surface area (Å²) in [5.74, 6) is 0. The lowest BCUT2D eigenvalue weighted by Gasteiger charge is -2.30. The summed E-state index contributed by atoms with van der Waals surface area (Å²) in [7, 11) is 0. The van der Waals surface area contributed by atoms with Crippen LogP contribution in [0.5, 0.6) is 0 Å². The minimum absolute atomic E-state index is 0.832. The molecular formula is C13H19N3S. The molecule has 1 fully saturated rings. The molecule has 1 aliphatic rings. The molecule has 0 radical (unpaired) electrons. The summed E-state index contributed by atoms with van der Waals surface area (Å²) < 4.78 is 0. The quantitative estimate of drug-likeness (QED) is 0.744. The lowest BCUT2D eigenvalue weighted by molar-refractivity contribution is 0.362. The zero-order valence-electron chi connectivity index (χ0n) is 10.4. The van der Waals surface area contributed by atoms with E-state index in [4.69, 9.17) is 12.2 Å². The predicted octanol–water partition coefficient (Wildman–Crippen LogP) is 1.91. The van der Waals surface area contributed by atoms with E-state index in [1.165, 1.54) is 11.1 Å². The minimum atomic E-state index is 0.832. The summed E-state index contributed by atoms with van der Waals surface area (Å²) in [6.07, 6.45) is 0. The number of hydrogen-bond donors (Lipinski definition) is 2. The molecule has 2 rings (SSSR count). The van der Waals surface area contributed by atoms with Crippen molar-refractivity contribution in [2.24, 2.45) is 0 Å². The highest BCUT2D eigenvalue weighted by Crippen LogP contribution is 2.16. The number of benzene rings is 1. The number of piperazine rings is 1. The van der Waals surface area contributed by atoms with Gasteiger partial charge in [0.25, 0.3) is 0 Å². The molecule has 1 aliphatic heterocycles. The molecule has 0 spiro atoms. The molecule has 0 atom stereocenters. The van der Waals surface area contributed by atoms with E-state index >= 15 is 0 Å². The van der Waals surface area contributed by atoms with Crippen LogP contribution in [0.1, 0.15) is 11.1 Å². The van der Waals surface area contributed by atoms with Gasteiger partial charge in [-0.1, -0.05) is 17.7 Å². The third kappa shape index (κ3) is 3.17. The van der Waals surface area contributed by atoms with E-state index in [1.807, 2.05) is 0 Å². The smallest absolute Gasteiger partial charge is 0.173 e. The van der Waals surface area contributed by atoms with E-state index in [0.29, 0.717) is 0 Å². The standard InChI is InChI=1S/C13H19N3S/c1-10-3-4-12(11(2)9-10)15-13(17)16-7-5-14-6-8-16/h3-4,9,14H,5-8H2,1-2H3,(H,15,17). The molecule has 1 heterocycles. The Hall–Kier alpha value is -1.13. The summed E-state index contributed by atoms with van der Waals surface area (Å²) in [4.78, 5) is 2.21. The van der Waals surface area contributed by atoms with Gasteiger partial charge in [-0.15, -0.1) is 0 Å². The van der Waals surface area contributed by atoms with Crippen LogP contribution in [0.25, 0.3) is 0 Å². The third-order valence-electron chi connectivity index (χ3n) is 3.03. The van der Waals surface area contributed by atoms with Gasteiger partial charge in [-0.05, 0) is 37.7 Å². The number of aryl methyl sites for hydroxylation is 2. The van der Waals surface area contributed by atoms with Crippen LogP contribution in [0.2, 0.25) is 0 Å². The lowest BCUT2D eigenvalue weighted by atomic mass is 10.1. The molecule has 2 N–H and O–H groups in total. The van der Waals surface area contributed by atoms with Crippen molar-refractivity contribution in [2.45, 2.75) is 13.8 Å². The van der Waals surface area contributed by atoms with Gasteiger partial charge in [-0.3, -0.25) is 0 Å². The lowest BCUT2D eigenvalue weighted by Crippen LogP contribution is -2.47. The SMILES string of the molecule is Cc1ccc(NC(=S)N2CCNCC2)c(C)c1. The van der Waals surface area contributed by atoms with Crippen molar-refractivity contribution in [1.29, 1.82) is 0 Å². The van der Waals surface area contributed by atoms with Crippen molar-refractivity contribution < 1.29 is 0 Å². The Morgan fingerprint density at radius 3 is 2.65 bits per heavy atom. The van der Waals surface area contributed by atoms with Crippen molar-refractivity contribution in [3.8, 4) is 0 Å². The maximum Gasteiger partial charge on any atom is 0.173 e. The van der Waals surface area contributed by atoms with Crippen molar-refractivity contribution in [3.05, 3.63) is 29.3 Å². The highest BCUT2D eigenvalue weighted by atomic mass is 32.1. The second kappa shape index (κ2) is 5.47. The first-order valence-electron chi connectivity index (χ1n) is 6.01. The maximum absolute atomic E-state index is 5.44. The summed E-state index contributed by atoms with van der Waals surface area (Å²) in [6.45, 7) is 8.19. The molecule has 1 saturated heterocycles. The van der Waals surface area contributed by atoms with Gasteiger partial charge in [0, 0.05) is 31.9 Å². The van der Waals surface area contributed by atoms with E-state index < -0.39 is 0 Å². The molecule has 92 valence electrons. The van der Waals surface area contributed by atoms with Crippen molar-refractivity contribution in [3.63, 3.8) is 0 Å². The molecule has 17 heavy (non-hydrogen) atoms. The van der Waals surface area contributed by atoms with Crippen LogP contribution in [0.3, 0.4) is 0 Å². The van der Waals surface area contributed by atoms with Crippen LogP contribution in [0.15, 0.2) is 18.2 Å². The highest BCUT2D eigenvalue weighted by Gasteiger charge is 2.13. The summed E-state index contributed by atoms with van der Waals surface area (Å²) in [5, 5.41) is 7.49. The van der Waals surface area contributed by atoms with Crippen LogP contribution >= 0.6 is 12.2 Å². The molecule has 0 bridgehead atoms. The average Bonchev–Trinajstić information content (AvgIpc) is 2.34. The van der Waals surface area contributed by atoms with Crippen LogP contribution in [-0.2, 0) is 0 Å². The Labute approximate surface area is 108 Å². The van der Waals surface area contributed by atoms with E-state index in [0.717, 1.165) is 37.0 Å². The number of hydrogen-bond acceptors (Lipinski definition) is 2. The Bertz CT molecular complexity index is 411. The molecule has 0 aromatic heterocycles. The number of nitrogens with zero attached hydrogens (tertiary/aromatic N) is 1. The number of rotatable bonds is 1. The van der Waals surface area contributed by atoms with Gasteiger partial charge >= 0.3 is 0 Å². The van der Waals surface area contributed by atoms with Crippen molar-refractivity contribution in [2.75, 3.05) is 31.5 Å². The summed E-state index contributed by atoms with van der Waals surface area (Å²) in [6, 6.07) is 6.37. The normalized spacial score (nSPS) is 15.8. The Morgan fingerprint density at radius 2 is 2.00 bits per heavy atom. The first-order valence-corrected chi connectivity index (χ1v) is 6.41. The minimum Gasteiger partial charge on any atom is -0.346 e. The molecule has 0 aliphatic carbocycles. The van der Waals surface area contributed by atoms with E-state index in [9.17, 15) is 0 Å². The van der Waals surface area contributed by atoms with Crippen molar-refractivity contribution >= 4 is 23.0 Å². The second-order valence-corrected chi connectivity index (χ2v) is 4.87. The van der Waals surface area contributed by atoms with Crippen LogP contribution in [-0.4, -0.2) is 36.2 Å². The first kappa shape index (κ1) is 12.3. The number of nitrogens with one attached hydrogen (secondary N) is 2. The van der Waals surface area contributed by atoms with E-state index in [2.05, 4.69) is 47.6 Å². The largest absolute Gasteiger partial charge is 0.346 e.